The quantitative estimate of drug-likeness (QED) is 0.537. The Hall–Kier alpha value is -0.310. The molecule has 0 radical (unpaired) electrons. The Morgan fingerprint density at radius 2 is 2.25 bits per heavy atom. The maximum Gasteiger partial charge on any atom is 0.392 e. The highest BCUT2D eigenvalue weighted by molar-refractivity contribution is 7.57. The first-order chi connectivity index (χ1) is 5.44. The van der Waals surface area contributed by atoms with Gasteiger partial charge in [0.1, 0.15) is 0 Å². The van der Waals surface area contributed by atoms with E-state index < -0.39 is 7.60 Å². The second-order valence-electron chi connectivity index (χ2n) is 2.44. The summed E-state index contributed by atoms with van der Waals surface area (Å²) in [6.07, 6.45) is 0.398. The Kier molecular flexibility index (Phi) is 4.53. The third kappa shape index (κ3) is 3.39. The lowest BCUT2D eigenvalue weighted by Gasteiger charge is -2.16. The van der Waals surface area contributed by atoms with E-state index in [1.165, 1.54) is 7.11 Å². The Morgan fingerprint density at radius 3 is 2.58 bits per heavy atom. The van der Waals surface area contributed by atoms with E-state index in [9.17, 15) is 9.46 Å². The largest absolute Gasteiger partial charge is 0.490 e. The smallest absolute Gasteiger partial charge is 0.392 e. The Balaban J connectivity index is 4.22. The van der Waals surface area contributed by atoms with Crippen molar-refractivity contribution < 1.29 is 18.7 Å². The van der Waals surface area contributed by atoms with Crippen molar-refractivity contribution >= 4 is 7.60 Å². The average Bonchev–Trinajstić information content (AvgIpc) is 2.02. The fraction of sp³-hybridized carbons (Fsp3) is 0.714. The van der Waals surface area contributed by atoms with Crippen molar-refractivity contribution in [2.45, 2.75) is 26.4 Å². The molecule has 5 heteroatoms. The van der Waals surface area contributed by atoms with Crippen LogP contribution in [-0.4, -0.2) is 18.1 Å². The summed E-state index contributed by atoms with van der Waals surface area (Å²) < 4.78 is 20.6. The van der Waals surface area contributed by atoms with Crippen molar-refractivity contribution in [2.24, 2.45) is 0 Å². The third-order valence-electron chi connectivity index (χ3n) is 1.45. The first-order valence-corrected chi connectivity index (χ1v) is 5.26. The maximum atomic E-state index is 11.2. The van der Waals surface area contributed by atoms with E-state index in [1.54, 1.807) is 6.92 Å². The zero-order valence-electron chi connectivity index (χ0n) is 7.61. The number of hydrogen-bond acceptors (Lipinski definition) is 3. The lowest BCUT2D eigenvalue weighted by Crippen LogP contribution is -2.05. The normalized spacial score (nSPS) is 18.0. The van der Waals surface area contributed by atoms with Crippen LogP contribution in [0.3, 0.4) is 0 Å². The molecule has 0 bridgehead atoms. The zero-order valence-corrected chi connectivity index (χ0v) is 8.51. The van der Waals surface area contributed by atoms with Crippen molar-refractivity contribution in [1.29, 1.82) is 0 Å². The van der Waals surface area contributed by atoms with Gasteiger partial charge in [-0.25, -0.2) is 0 Å². The average molecular weight is 194 g/mol. The Bertz CT molecular complexity index is 202. The number of ether oxygens (including phenoxy) is 1. The van der Waals surface area contributed by atoms with Gasteiger partial charge >= 0.3 is 7.60 Å². The van der Waals surface area contributed by atoms with Crippen molar-refractivity contribution in [3.8, 4) is 0 Å². The monoisotopic (exact) mass is 194 g/mol. The van der Waals surface area contributed by atoms with Gasteiger partial charge in [0.25, 0.3) is 0 Å². The van der Waals surface area contributed by atoms with E-state index in [1.807, 2.05) is 6.92 Å². The van der Waals surface area contributed by atoms with E-state index in [-0.39, 0.29) is 11.6 Å². The predicted molar refractivity (Wildman–Crippen MR) is 46.8 cm³/mol. The van der Waals surface area contributed by atoms with E-state index in [4.69, 9.17) is 4.52 Å². The Morgan fingerprint density at radius 1 is 1.75 bits per heavy atom. The van der Waals surface area contributed by atoms with Crippen LogP contribution in [0.1, 0.15) is 20.3 Å². The topological polar surface area (TPSA) is 55.8 Å². The summed E-state index contributed by atoms with van der Waals surface area (Å²) in [4.78, 5) is 9.19. The summed E-state index contributed by atoms with van der Waals surface area (Å²) in [6.45, 7) is 6.85. The predicted octanol–water partition coefficient (Wildman–Crippen LogP) is 2.10. The summed E-state index contributed by atoms with van der Waals surface area (Å²) in [5.41, 5.74) is -0.220. The number of hydrogen-bond donors (Lipinski definition) is 1. The SMILES string of the molecule is C=C(OC)P(=O)(O)OC(C)CC. The van der Waals surface area contributed by atoms with E-state index >= 15 is 0 Å². The van der Waals surface area contributed by atoms with E-state index in [0.29, 0.717) is 6.42 Å². The van der Waals surface area contributed by atoms with Gasteiger partial charge in [0.05, 0.1) is 13.2 Å². The highest BCUT2D eigenvalue weighted by Gasteiger charge is 2.27. The van der Waals surface area contributed by atoms with Gasteiger partial charge in [-0.2, -0.15) is 0 Å². The van der Waals surface area contributed by atoms with Crippen LogP contribution in [0.25, 0.3) is 0 Å². The molecular weight excluding hydrogens is 179 g/mol. The third-order valence-corrected chi connectivity index (χ3v) is 2.91. The molecule has 12 heavy (non-hydrogen) atoms. The van der Waals surface area contributed by atoms with Crippen molar-refractivity contribution in [1.82, 2.24) is 0 Å². The summed E-state index contributed by atoms with van der Waals surface area (Å²) >= 11 is 0. The first kappa shape index (κ1) is 11.7. The van der Waals surface area contributed by atoms with Crippen LogP contribution >= 0.6 is 7.60 Å². The van der Waals surface area contributed by atoms with Gasteiger partial charge in [-0.1, -0.05) is 6.92 Å². The van der Waals surface area contributed by atoms with Crippen molar-refractivity contribution in [3.05, 3.63) is 12.1 Å². The minimum absolute atomic E-state index is 0.220. The van der Waals surface area contributed by atoms with Gasteiger partial charge in [-0.15, -0.1) is 0 Å². The maximum absolute atomic E-state index is 11.2. The zero-order chi connectivity index (χ0) is 9.78. The van der Waals surface area contributed by atoms with Gasteiger partial charge in [0.2, 0.25) is 5.50 Å². The molecule has 0 amide bonds. The van der Waals surface area contributed by atoms with Crippen LogP contribution in [-0.2, 0) is 13.8 Å². The molecule has 2 atom stereocenters. The van der Waals surface area contributed by atoms with Crippen molar-refractivity contribution in [2.75, 3.05) is 7.11 Å². The number of methoxy groups -OCH3 is 1. The van der Waals surface area contributed by atoms with E-state index in [2.05, 4.69) is 11.3 Å². The minimum atomic E-state index is -3.77. The molecule has 0 aliphatic rings. The molecule has 0 fully saturated rings. The molecule has 1 N–H and O–H groups in total. The summed E-state index contributed by atoms with van der Waals surface area (Å²) in [7, 11) is -2.49. The van der Waals surface area contributed by atoms with Crippen LogP contribution in [0.15, 0.2) is 12.1 Å². The van der Waals surface area contributed by atoms with Crippen LogP contribution in [0, 0.1) is 0 Å². The molecule has 0 aromatic carbocycles. The van der Waals surface area contributed by atoms with Gasteiger partial charge in [-0.3, -0.25) is 4.57 Å². The summed E-state index contributed by atoms with van der Waals surface area (Å²) in [5, 5.41) is 0. The fourth-order valence-corrected chi connectivity index (χ4v) is 1.48. The standard InChI is InChI=1S/C7H15O4P/c1-5-6(2)11-12(8,9)7(3)10-4/h6H,3,5H2,1-2,4H3,(H,8,9). The van der Waals surface area contributed by atoms with Crippen molar-refractivity contribution in [3.63, 3.8) is 0 Å². The molecule has 0 aromatic heterocycles. The van der Waals surface area contributed by atoms with Gasteiger partial charge in [-0.05, 0) is 19.9 Å². The molecule has 0 saturated heterocycles. The molecule has 0 heterocycles. The summed E-state index contributed by atoms with van der Waals surface area (Å²) in [6, 6.07) is 0. The van der Waals surface area contributed by atoms with Crippen LogP contribution < -0.4 is 0 Å². The van der Waals surface area contributed by atoms with Crippen LogP contribution in [0.2, 0.25) is 0 Å². The lowest BCUT2D eigenvalue weighted by atomic mass is 10.3. The molecular formula is C7H15O4P. The second kappa shape index (κ2) is 4.65. The minimum Gasteiger partial charge on any atom is -0.490 e. The molecule has 0 rings (SSSR count). The lowest BCUT2D eigenvalue weighted by molar-refractivity contribution is 0.174. The molecule has 0 aromatic rings. The molecule has 72 valence electrons. The highest BCUT2D eigenvalue weighted by Crippen LogP contribution is 2.51. The molecule has 0 spiro atoms. The second-order valence-corrected chi connectivity index (χ2v) is 4.19. The fourth-order valence-electron chi connectivity index (χ4n) is 0.493. The number of rotatable bonds is 5. The van der Waals surface area contributed by atoms with Gasteiger partial charge in [0, 0.05) is 0 Å². The van der Waals surface area contributed by atoms with E-state index in [0.717, 1.165) is 0 Å². The molecule has 0 saturated carbocycles. The molecule has 2 unspecified atom stereocenters. The molecule has 0 aliphatic carbocycles. The van der Waals surface area contributed by atoms with Gasteiger partial charge < -0.3 is 14.2 Å². The van der Waals surface area contributed by atoms with Crippen LogP contribution in [0.5, 0.6) is 0 Å². The molecule has 0 aliphatic heterocycles. The Labute approximate surface area is 72.7 Å². The summed E-state index contributed by atoms with van der Waals surface area (Å²) in [5.74, 6) is 0. The molecule has 4 nitrogen and oxygen atoms in total. The van der Waals surface area contributed by atoms with Crippen LogP contribution in [0.4, 0.5) is 0 Å². The highest BCUT2D eigenvalue weighted by atomic mass is 31.2. The first-order valence-electron chi connectivity index (χ1n) is 3.68. The van der Waals surface area contributed by atoms with Gasteiger partial charge in [0.15, 0.2) is 0 Å².